The molecule has 3 aromatic carbocycles. The number of rotatable bonds is 9. The molecule has 0 radical (unpaired) electrons. The number of carbonyl (C=O) groups excluding carboxylic acids is 1. The van der Waals surface area contributed by atoms with Gasteiger partial charge in [0.2, 0.25) is 0 Å². The van der Waals surface area contributed by atoms with Crippen molar-refractivity contribution in [3.05, 3.63) is 101 Å². The van der Waals surface area contributed by atoms with Crippen LogP contribution in [0.1, 0.15) is 41.3 Å². The normalized spacial score (nSPS) is 11.3. The SMILES string of the molecule is CC/C(=C\CCOc1ccc(-c2ccccc2)cc1)Cc1ccc(C=O)c(C)c1. The Balaban J connectivity index is 1.51. The van der Waals surface area contributed by atoms with Crippen LogP contribution in [0.4, 0.5) is 0 Å². The molecule has 2 nitrogen and oxygen atoms in total. The summed E-state index contributed by atoms with van der Waals surface area (Å²) in [5.41, 5.74) is 6.86. The van der Waals surface area contributed by atoms with Gasteiger partial charge in [-0.3, -0.25) is 4.79 Å². The first-order chi connectivity index (χ1) is 14.2. The molecule has 0 unspecified atom stereocenters. The summed E-state index contributed by atoms with van der Waals surface area (Å²) >= 11 is 0. The van der Waals surface area contributed by atoms with Gasteiger partial charge >= 0.3 is 0 Å². The van der Waals surface area contributed by atoms with Crippen LogP contribution in [0.25, 0.3) is 11.1 Å². The minimum Gasteiger partial charge on any atom is -0.493 e. The molecule has 0 fully saturated rings. The van der Waals surface area contributed by atoms with Crippen LogP contribution in [0.2, 0.25) is 0 Å². The highest BCUT2D eigenvalue weighted by Gasteiger charge is 2.02. The number of benzene rings is 3. The van der Waals surface area contributed by atoms with Gasteiger partial charge in [-0.25, -0.2) is 0 Å². The van der Waals surface area contributed by atoms with E-state index in [1.54, 1.807) is 0 Å². The molecule has 0 aliphatic heterocycles. The second kappa shape index (κ2) is 10.4. The summed E-state index contributed by atoms with van der Waals surface area (Å²) in [6.07, 6.45) is 6.01. The van der Waals surface area contributed by atoms with E-state index in [1.807, 2.05) is 37.3 Å². The van der Waals surface area contributed by atoms with E-state index in [-0.39, 0.29) is 0 Å². The fourth-order valence-electron chi connectivity index (χ4n) is 3.40. The molecule has 0 heterocycles. The van der Waals surface area contributed by atoms with Gasteiger partial charge in [-0.1, -0.05) is 79.2 Å². The first-order valence-electron chi connectivity index (χ1n) is 10.2. The van der Waals surface area contributed by atoms with Crippen LogP contribution >= 0.6 is 0 Å². The number of hydrogen-bond acceptors (Lipinski definition) is 2. The van der Waals surface area contributed by atoms with Gasteiger partial charge in [0.1, 0.15) is 12.0 Å². The van der Waals surface area contributed by atoms with Gasteiger partial charge in [0.05, 0.1) is 6.61 Å². The number of carbonyl (C=O) groups is 1. The van der Waals surface area contributed by atoms with Crippen LogP contribution in [-0.2, 0) is 6.42 Å². The van der Waals surface area contributed by atoms with Crippen molar-refractivity contribution in [1.82, 2.24) is 0 Å². The van der Waals surface area contributed by atoms with Crippen LogP contribution in [-0.4, -0.2) is 12.9 Å². The minimum absolute atomic E-state index is 0.664. The van der Waals surface area contributed by atoms with Crippen molar-refractivity contribution < 1.29 is 9.53 Å². The van der Waals surface area contributed by atoms with Crippen LogP contribution in [0.3, 0.4) is 0 Å². The molecule has 3 aromatic rings. The molecule has 0 saturated heterocycles. The molecule has 0 aliphatic rings. The van der Waals surface area contributed by atoms with Gasteiger partial charge < -0.3 is 4.74 Å². The molecule has 2 heteroatoms. The van der Waals surface area contributed by atoms with Gasteiger partial charge in [0.15, 0.2) is 0 Å². The third-order valence-corrected chi connectivity index (χ3v) is 5.13. The number of aryl methyl sites for hydroxylation is 1. The van der Waals surface area contributed by atoms with Crippen LogP contribution < -0.4 is 4.74 Å². The van der Waals surface area contributed by atoms with Crippen LogP contribution in [0.5, 0.6) is 5.75 Å². The number of allylic oxidation sites excluding steroid dienone is 1. The molecule has 3 rings (SSSR count). The maximum absolute atomic E-state index is 11.0. The van der Waals surface area contributed by atoms with Crippen molar-refractivity contribution in [2.45, 2.75) is 33.1 Å². The predicted octanol–water partition coefficient (Wildman–Crippen LogP) is 6.82. The Kier molecular flexibility index (Phi) is 7.40. The van der Waals surface area contributed by atoms with Crippen molar-refractivity contribution in [1.29, 1.82) is 0 Å². The summed E-state index contributed by atoms with van der Waals surface area (Å²) < 4.78 is 5.91. The number of hydrogen-bond donors (Lipinski definition) is 0. The largest absolute Gasteiger partial charge is 0.493 e. The topological polar surface area (TPSA) is 26.3 Å². The lowest BCUT2D eigenvalue weighted by Gasteiger charge is -2.09. The Morgan fingerprint density at radius 2 is 1.66 bits per heavy atom. The molecule has 0 saturated carbocycles. The van der Waals surface area contributed by atoms with E-state index in [0.29, 0.717) is 6.61 Å². The Labute approximate surface area is 173 Å². The van der Waals surface area contributed by atoms with E-state index in [2.05, 4.69) is 55.5 Å². The molecular weight excluding hydrogens is 356 g/mol. The molecule has 0 aliphatic carbocycles. The first-order valence-corrected chi connectivity index (χ1v) is 10.2. The lowest BCUT2D eigenvalue weighted by Crippen LogP contribution is -1.98. The van der Waals surface area contributed by atoms with E-state index < -0.39 is 0 Å². The molecule has 0 amide bonds. The quantitative estimate of drug-likeness (QED) is 0.230. The summed E-state index contributed by atoms with van der Waals surface area (Å²) in [5, 5.41) is 0. The molecule has 0 spiro atoms. The van der Waals surface area contributed by atoms with E-state index in [4.69, 9.17) is 4.74 Å². The highest BCUT2D eigenvalue weighted by Crippen LogP contribution is 2.22. The maximum atomic E-state index is 11.0. The zero-order chi connectivity index (χ0) is 20.5. The Morgan fingerprint density at radius 1 is 0.931 bits per heavy atom. The van der Waals surface area contributed by atoms with Crippen LogP contribution in [0, 0.1) is 6.92 Å². The van der Waals surface area contributed by atoms with Crippen molar-refractivity contribution in [3.63, 3.8) is 0 Å². The molecular formula is C27H28O2. The van der Waals surface area contributed by atoms with Gasteiger partial charge in [0.25, 0.3) is 0 Å². The highest BCUT2D eigenvalue weighted by atomic mass is 16.5. The summed E-state index contributed by atoms with van der Waals surface area (Å²) in [6.45, 7) is 4.83. The lowest BCUT2D eigenvalue weighted by atomic mass is 9.98. The fourth-order valence-corrected chi connectivity index (χ4v) is 3.40. The molecule has 0 aromatic heterocycles. The Hall–Kier alpha value is -3.13. The molecule has 0 N–H and O–H groups in total. The van der Waals surface area contributed by atoms with E-state index in [9.17, 15) is 4.79 Å². The van der Waals surface area contributed by atoms with Crippen LogP contribution in [0.15, 0.2) is 84.4 Å². The zero-order valence-corrected chi connectivity index (χ0v) is 17.2. The number of aldehydes is 1. The minimum atomic E-state index is 0.664. The highest BCUT2D eigenvalue weighted by molar-refractivity contribution is 5.77. The van der Waals surface area contributed by atoms with E-state index in [1.165, 1.54) is 22.3 Å². The van der Waals surface area contributed by atoms with Crippen molar-refractivity contribution >= 4 is 6.29 Å². The summed E-state index contributed by atoms with van der Waals surface area (Å²) in [7, 11) is 0. The van der Waals surface area contributed by atoms with Crippen molar-refractivity contribution in [2.75, 3.05) is 6.61 Å². The summed E-state index contributed by atoms with van der Waals surface area (Å²) in [4.78, 5) is 11.0. The second-order valence-electron chi connectivity index (χ2n) is 7.23. The third kappa shape index (κ3) is 5.92. The lowest BCUT2D eigenvalue weighted by molar-refractivity contribution is 0.112. The Bertz CT molecular complexity index is 954. The summed E-state index contributed by atoms with van der Waals surface area (Å²) in [5.74, 6) is 0.899. The molecule has 29 heavy (non-hydrogen) atoms. The van der Waals surface area contributed by atoms with Gasteiger partial charge in [-0.2, -0.15) is 0 Å². The first kappa shape index (κ1) is 20.6. The standard InChI is InChI=1S/C27H28O2/c1-3-22(19-23-11-12-26(20-28)21(2)18-23)8-7-17-29-27-15-13-25(14-16-27)24-9-5-4-6-10-24/h4-6,8-16,18,20H,3,7,17,19H2,1-2H3/b22-8+. The van der Waals surface area contributed by atoms with Gasteiger partial charge in [-0.15, -0.1) is 0 Å². The van der Waals surface area contributed by atoms with Gasteiger partial charge in [0, 0.05) is 5.56 Å². The average molecular weight is 385 g/mol. The monoisotopic (exact) mass is 384 g/mol. The molecule has 0 atom stereocenters. The zero-order valence-electron chi connectivity index (χ0n) is 17.2. The van der Waals surface area contributed by atoms with E-state index >= 15 is 0 Å². The summed E-state index contributed by atoms with van der Waals surface area (Å²) in [6, 6.07) is 24.7. The van der Waals surface area contributed by atoms with E-state index in [0.717, 1.165) is 42.4 Å². The number of ether oxygens (including phenoxy) is 1. The maximum Gasteiger partial charge on any atom is 0.150 e. The predicted molar refractivity (Wildman–Crippen MR) is 121 cm³/mol. The van der Waals surface area contributed by atoms with Crippen molar-refractivity contribution in [3.8, 4) is 16.9 Å². The van der Waals surface area contributed by atoms with Crippen molar-refractivity contribution in [2.24, 2.45) is 0 Å². The fraction of sp³-hybridized carbons (Fsp3) is 0.222. The molecule has 148 valence electrons. The smallest absolute Gasteiger partial charge is 0.150 e. The molecule has 0 bridgehead atoms. The second-order valence-corrected chi connectivity index (χ2v) is 7.23. The third-order valence-electron chi connectivity index (χ3n) is 5.13. The average Bonchev–Trinajstić information content (AvgIpc) is 2.77. The Morgan fingerprint density at radius 3 is 2.31 bits per heavy atom. The van der Waals surface area contributed by atoms with Gasteiger partial charge in [-0.05, 0) is 60.6 Å².